The van der Waals surface area contributed by atoms with E-state index in [1.807, 2.05) is 17.0 Å². The number of carbonyl (C=O) groups excluding carboxylic acids is 3. The molecule has 3 heterocycles. The molecule has 1 fully saturated rings. The molecule has 0 unspecified atom stereocenters. The summed E-state index contributed by atoms with van der Waals surface area (Å²) >= 11 is 10.9. The Hall–Kier alpha value is -1.74. The van der Waals surface area contributed by atoms with E-state index in [0.717, 1.165) is 28.4 Å². The topological polar surface area (TPSA) is 60.9 Å². The van der Waals surface area contributed by atoms with Crippen molar-refractivity contribution < 1.29 is 14.4 Å². The molecule has 152 valence electrons. The van der Waals surface area contributed by atoms with Gasteiger partial charge in [0.15, 0.2) is 0 Å². The van der Waals surface area contributed by atoms with Gasteiger partial charge < -0.3 is 4.90 Å². The van der Waals surface area contributed by atoms with Gasteiger partial charge in [-0.3, -0.25) is 24.2 Å². The van der Waals surface area contributed by atoms with Crippen molar-refractivity contribution in [3.8, 4) is 0 Å². The number of amides is 3. The lowest BCUT2D eigenvalue weighted by Gasteiger charge is -2.34. The molecule has 0 aliphatic carbocycles. The highest BCUT2D eigenvalue weighted by Gasteiger charge is 2.36. The quantitative estimate of drug-likeness (QED) is 0.595. The Morgan fingerprint density at radius 1 is 1.03 bits per heavy atom. The minimum absolute atomic E-state index is 0.0263. The minimum Gasteiger partial charge on any atom is -0.340 e. The second-order valence-corrected chi connectivity index (χ2v) is 9.78. The fraction of sp³-hybridized carbons (Fsp3) is 0.350. The lowest BCUT2D eigenvalue weighted by molar-refractivity contribution is -0.133. The largest absolute Gasteiger partial charge is 0.340 e. The van der Waals surface area contributed by atoms with E-state index in [1.54, 1.807) is 29.5 Å². The van der Waals surface area contributed by atoms with Crippen LogP contribution in [0.25, 0.3) is 0 Å². The molecule has 2 aromatic rings. The Kier molecular flexibility index (Phi) is 6.06. The number of thiophene rings is 1. The number of rotatable bonds is 5. The maximum atomic E-state index is 12.6. The number of halogens is 2. The SMILES string of the molecule is O=C(CCN1C(=O)c2ccc(Br)cc2C1=O)N1CCN(Cc2ccc(Cl)s2)CC1. The summed E-state index contributed by atoms with van der Waals surface area (Å²) in [5, 5.41) is 0. The first-order chi connectivity index (χ1) is 13.9. The van der Waals surface area contributed by atoms with Crippen LogP contribution in [0, 0.1) is 0 Å². The summed E-state index contributed by atoms with van der Waals surface area (Å²) in [5.74, 6) is -0.690. The van der Waals surface area contributed by atoms with E-state index in [9.17, 15) is 14.4 Å². The summed E-state index contributed by atoms with van der Waals surface area (Å²) in [4.78, 5) is 44.1. The summed E-state index contributed by atoms with van der Waals surface area (Å²) in [6, 6.07) is 8.96. The Bertz CT molecular complexity index is 972. The first kappa shape index (κ1) is 20.5. The molecule has 0 radical (unpaired) electrons. The van der Waals surface area contributed by atoms with E-state index in [1.165, 1.54) is 9.78 Å². The Labute approximate surface area is 186 Å². The zero-order valence-electron chi connectivity index (χ0n) is 15.6. The van der Waals surface area contributed by atoms with Crippen LogP contribution in [-0.4, -0.2) is 65.1 Å². The lowest BCUT2D eigenvalue weighted by Crippen LogP contribution is -2.48. The fourth-order valence-corrected chi connectivity index (χ4v) is 5.14. The second-order valence-electron chi connectivity index (χ2n) is 7.06. The van der Waals surface area contributed by atoms with Gasteiger partial charge in [0, 0.05) is 55.0 Å². The lowest BCUT2D eigenvalue weighted by atomic mass is 10.1. The van der Waals surface area contributed by atoms with Gasteiger partial charge in [-0.15, -0.1) is 11.3 Å². The number of carbonyl (C=O) groups is 3. The Morgan fingerprint density at radius 2 is 1.76 bits per heavy atom. The monoisotopic (exact) mass is 495 g/mol. The molecule has 0 N–H and O–H groups in total. The number of fused-ring (bicyclic) bond motifs is 1. The van der Waals surface area contributed by atoms with Crippen LogP contribution in [0.3, 0.4) is 0 Å². The molecule has 3 amide bonds. The van der Waals surface area contributed by atoms with Crippen LogP contribution >= 0.6 is 38.9 Å². The highest BCUT2D eigenvalue weighted by Crippen LogP contribution is 2.26. The van der Waals surface area contributed by atoms with E-state index in [-0.39, 0.29) is 30.7 Å². The molecule has 1 saturated heterocycles. The number of imide groups is 1. The van der Waals surface area contributed by atoms with E-state index < -0.39 is 0 Å². The predicted octanol–water partition coefficient (Wildman–Crippen LogP) is 3.49. The third kappa shape index (κ3) is 4.40. The summed E-state index contributed by atoms with van der Waals surface area (Å²) < 4.78 is 1.53. The number of piperazine rings is 1. The maximum Gasteiger partial charge on any atom is 0.261 e. The Morgan fingerprint density at radius 3 is 2.45 bits per heavy atom. The highest BCUT2D eigenvalue weighted by molar-refractivity contribution is 9.10. The van der Waals surface area contributed by atoms with Crippen molar-refractivity contribution in [2.75, 3.05) is 32.7 Å². The van der Waals surface area contributed by atoms with E-state index in [2.05, 4.69) is 20.8 Å². The summed E-state index contributed by atoms with van der Waals surface area (Å²) in [6.45, 7) is 3.82. The smallest absolute Gasteiger partial charge is 0.261 e. The summed E-state index contributed by atoms with van der Waals surface area (Å²) in [7, 11) is 0. The molecule has 0 atom stereocenters. The molecule has 1 aromatic heterocycles. The van der Waals surface area contributed by atoms with E-state index in [4.69, 9.17) is 11.6 Å². The average Bonchev–Trinajstić information content (AvgIpc) is 3.21. The summed E-state index contributed by atoms with van der Waals surface area (Å²) in [5.41, 5.74) is 0.784. The van der Waals surface area contributed by atoms with Crippen LogP contribution in [0.1, 0.15) is 32.0 Å². The molecule has 0 spiro atoms. The van der Waals surface area contributed by atoms with Crippen LogP contribution in [0.4, 0.5) is 0 Å². The molecule has 2 aliphatic rings. The van der Waals surface area contributed by atoms with Gasteiger partial charge in [0.2, 0.25) is 5.91 Å². The van der Waals surface area contributed by atoms with Crippen molar-refractivity contribution in [1.82, 2.24) is 14.7 Å². The molecule has 2 aliphatic heterocycles. The first-order valence-electron chi connectivity index (χ1n) is 9.32. The van der Waals surface area contributed by atoms with Crippen molar-refractivity contribution in [3.63, 3.8) is 0 Å². The van der Waals surface area contributed by atoms with Gasteiger partial charge in [0.1, 0.15) is 0 Å². The van der Waals surface area contributed by atoms with Gasteiger partial charge in [-0.1, -0.05) is 27.5 Å². The number of hydrogen-bond donors (Lipinski definition) is 0. The third-order valence-corrected chi connectivity index (χ3v) is 6.92. The van der Waals surface area contributed by atoms with Gasteiger partial charge >= 0.3 is 0 Å². The molecule has 6 nitrogen and oxygen atoms in total. The van der Waals surface area contributed by atoms with Gasteiger partial charge in [0.05, 0.1) is 15.5 Å². The normalized spacial score (nSPS) is 17.2. The fourth-order valence-electron chi connectivity index (χ4n) is 3.64. The molecule has 0 bridgehead atoms. The first-order valence-corrected chi connectivity index (χ1v) is 11.3. The van der Waals surface area contributed by atoms with Crippen LogP contribution in [-0.2, 0) is 11.3 Å². The predicted molar refractivity (Wildman–Crippen MR) is 115 cm³/mol. The molecule has 9 heteroatoms. The number of nitrogens with zero attached hydrogens (tertiary/aromatic N) is 3. The van der Waals surface area contributed by atoms with Crippen molar-refractivity contribution >= 4 is 56.6 Å². The summed E-state index contributed by atoms with van der Waals surface area (Å²) in [6.07, 6.45) is 0.146. The van der Waals surface area contributed by atoms with Crippen LogP contribution in [0.2, 0.25) is 4.34 Å². The standard InChI is InChI=1S/C20H19BrClN3O3S/c21-13-1-3-15-16(11-13)20(28)25(19(15)27)6-5-18(26)24-9-7-23(8-10-24)12-14-2-4-17(22)29-14/h1-4,11H,5-10,12H2. The maximum absolute atomic E-state index is 12.6. The zero-order valence-corrected chi connectivity index (χ0v) is 18.7. The van der Waals surface area contributed by atoms with Gasteiger partial charge in [-0.05, 0) is 30.3 Å². The molecule has 29 heavy (non-hydrogen) atoms. The molecule has 4 rings (SSSR count). The van der Waals surface area contributed by atoms with E-state index in [0.29, 0.717) is 24.2 Å². The average molecular weight is 497 g/mol. The molecule has 0 saturated carbocycles. The van der Waals surface area contributed by atoms with Crippen molar-refractivity contribution in [2.45, 2.75) is 13.0 Å². The van der Waals surface area contributed by atoms with Crippen LogP contribution in [0.15, 0.2) is 34.8 Å². The van der Waals surface area contributed by atoms with Crippen molar-refractivity contribution in [3.05, 3.63) is 55.1 Å². The van der Waals surface area contributed by atoms with Gasteiger partial charge in [0.25, 0.3) is 11.8 Å². The number of hydrogen-bond acceptors (Lipinski definition) is 5. The molecular weight excluding hydrogens is 478 g/mol. The zero-order chi connectivity index (χ0) is 20.5. The van der Waals surface area contributed by atoms with Crippen LogP contribution < -0.4 is 0 Å². The third-order valence-electron chi connectivity index (χ3n) is 5.22. The van der Waals surface area contributed by atoms with Crippen LogP contribution in [0.5, 0.6) is 0 Å². The van der Waals surface area contributed by atoms with Gasteiger partial charge in [-0.2, -0.15) is 0 Å². The highest BCUT2D eigenvalue weighted by atomic mass is 79.9. The van der Waals surface area contributed by atoms with Crippen molar-refractivity contribution in [2.24, 2.45) is 0 Å². The second kappa shape index (κ2) is 8.55. The number of benzene rings is 1. The molecular formula is C20H19BrClN3O3S. The molecule has 1 aromatic carbocycles. The Balaban J connectivity index is 1.27. The van der Waals surface area contributed by atoms with Gasteiger partial charge in [-0.25, -0.2) is 0 Å². The minimum atomic E-state index is -0.335. The van der Waals surface area contributed by atoms with Crippen molar-refractivity contribution in [1.29, 1.82) is 0 Å². The van der Waals surface area contributed by atoms with E-state index >= 15 is 0 Å².